The molecule has 0 amide bonds. The Kier molecular flexibility index (Phi) is 5.49. The van der Waals surface area contributed by atoms with Crippen molar-refractivity contribution in [2.24, 2.45) is 17.6 Å². The standard InChI is InChI=1S/C15H30N2O2S/c1-13-6-5-9-15(10-13,12-16)17-20(18,19)11-14-7-3-2-4-8-14/h13-14,17H,2-12,16H2,1H3. The average Bonchev–Trinajstić information content (AvgIpc) is 2.38. The summed E-state index contributed by atoms with van der Waals surface area (Å²) >= 11 is 0. The average molecular weight is 302 g/mol. The Morgan fingerprint density at radius 1 is 1.15 bits per heavy atom. The van der Waals surface area contributed by atoms with Crippen molar-refractivity contribution in [1.82, 2.24) is 4.72 Å². The van der Waals surface area contributed by atoms with Gasteiger partial charge >= 0.3 is 0 Å². The van der Waals surface area contributed by atoms with Crippen LogP contribution >= 0.6 is 0 Å². The fraction of sp³-hybridized carbons (Fsp3) is 1.00. The lowest BCUT2D eigenvalue weighted by atomic mass is 9.77. The molecule has 0 radical (unpaired) electrons. The molecular formula is C15H30N2O2S. The lowest BCUT2D eigenvalue weighted by Gasteiger charge is -2.40. The SMILES string of the molecule is CC1CCCC(CN)(NS(=O)(=O)CC2CCCCC2)C1. The summed E-state index contributed by atoms with van der Waals surface area (Å²) in [5.41, 5.74) is 5.53. The van der Waals surface area contributed by atoms with Gasteiger partial charge in [0.05, 0.1) is 5.75 Å². The predicted octanol–water partition coefficient (Wildman–Crippen LogP) is 2.39. The summed E-state index contributed by atoms with van der Waals surface area (Å²) in [6.45, 7) is 2.61. The van der Waals surface area contributed by atoms with Gasteiger partial charge in [-0.05, 0) is 37.5 Å². The normalized spacial score (nSPS) is 33.2. The van der Waals surface area contributed by atoms with Crippen molar-refractivity contribution in [2.75, 3.05) is 12.3 Å². The van der Waals surface area contributed by atoms with Crippen LogP contribution in [-0.2, 0) is 10.0 Å². The Hall–Kier alpha value is -0.130. The van der Waals surface area contributed by atoms with Gasteiger partial charge in [-0.2, -0.15) is 0 Å². The Morgan fingerprint density at radius 2 is 1.85 bits per heavy atom. The Morgan fingerprint density at radius 3 is 2.45 bits per heavy atom. The van der Waals surface area contributed by atoms with Gasteiger partial charge in [0.15, 0.2) is 0 Å². The van der Waals surface area contributed by atoms with E-state index < -0.39 is 10.0 Å². The molecule has 5 heteroatoms. The summed E-state index contributed by atoms with van der Waals surface area (Å²) in [6.07, 6.45) is 9.77. The van der Waals surface area contributed by atoms with Crippen LogP contribution in [0.2, 0.25) is 0 Å². The van der Waals surface area contributed by atoms with Crippen LogP contribution in [0.5, 0.6) is 0 Å². The van der Waals surface area contributed by atoms with Crippen molar-refractivity contribution in [3.8, 4) is 0 Å². The molecule has 0 saturated heterocycles. The van der Waals surface area contributed by atoms with E-state index >= 15 is 0 Å². The van der Waals surface area contributed by atoms with Gasteiger partial charge in [0.2, 0.25) is 10.0 Å². The topological polar surface area (TPSA) is 72.2 Å². The quantitative estimate of drug-likeness (QED) is 0.819. The maximum Gasteiger partial charge on any atom is 0.212 e. The molecule has 0 aromatic heterocycles. The van der Waals surface area contributed by atoms with Crippen LogP contribution in [-0.4, -0.2) is 26.3 Å². The van der Waals surface area contributed by atoms with E-state index in [1.165, 1.54) is 25.7 Å². The third-order valence-corrected chi connectivity index (χ3v) is 6.69. The molecule has 0 aliphatic heterocycles. The van der Waals surface area contributed by atoms with E-state index in [0.29, 0.717) is 24.1 Å². The zero-order valence-electron chi connectivity index (χ0n) is 12.7. The molecule has 20 heavy (non-hydrogen) atoms. The highest BCUT2D eigenvalue weighted by Gasteiger charge is 2.37. The van der Waals surface area contributed by atoms with E-state index in [-0.39, 0.29) is 5.54 Å². The van der Waals surface area contributed by atoms with Gasteiger partial charge in [-0.3, -0.25) is 0 Å². The molecule has 2 rings (SSSR count). The van der Waals surface area contributed by atoms with Crippen LogP contribution in [0.1, 0.15) is 64.7 Å². The van der Waals surface area contributed by atoms with Crippen molar-refractivity contribution in [3.05, 3.63) is 0 Å². The molecule has 0 aromatic carbocycles. The zero-order valence-corrected chi connectivity index (χ0v) is 13.6. The lowest BCUT2D eigenvalue weighted by molar-refractivity contribution is 0.222. The number of hydrogen-bond acceptors (Lipinski definition) is 3. The lowest BCUT2D eigenvalue weighted by Crippen LogP contribution is -2.56. The first-order valence-electron chi connectivity index (χ1n) is 8.16. The first-order chi connectivity index (χ1) is 9.45. The van der Waals surface area contributed by atoms with E-state index in [2.05, 4.69) is 11.6 Å². The monoisotopic (exact) mass is 302 g/mol. The van der Waals surface area contributed by atoms with Gasteiger partial charge in [0.25, 0.3) is 0 Å². The number of sulfonamides is 1. The first-order valence-corrected chi connectivity index (χ1v) is 9.82. The molecule has 2 fully saturated rings. The molecule has 0 bridgehead atoms. The second-order valence-corrected chi connectivity index (χ2v) is 8.84. The minimum Gasteiger partial charge on any atom is -0.329 e. The molecule has 0 heterocycles. The van der Waals surface area contributed by atoms with E-state index in [4.69, 9.17) is 5.73 Å². The molecule has 2 saturated carbocycles. The second kappa shape index (κ2) is 6.75. The second-order valence-electron chi connectivity index (χ2n) is 7.07. The van der Waals surface area contributed by atoms with Crippen LogP contribution < -0.4 is 10.5 Å². The van der Waals surface area contributed by atoms with Crippen molar-refractivity contribution in [1.29, 1.82) is 0 Å². The fourth-order valence-corrected chi connectivity index (χ4v) is 5.98. The summed E-state index contributed by atoms with van der Waals surface area (Å²) in [6, 6.07) is 0. The maximum atomic E-state index is 12.5. The summed E-state index contributed by atoms with van der Waals surface area (Å²) in [5.74, 6) is 1.20. The molecule has 0 aromatic rings. The van der Waals surface area contributed by atoms with Crippen molar-refractivity contribution >= 4 is 10.0 Å². The zero-order chi connectivity index (χ0) is 14.6. The summed E-state index contributed by atoms with van der Waals surface area (Å²) in [4.78, 5) is 0. The highest BCUT2D eigenvalue weighted by Crippen LogP contribution is 2.33. The van der Waals surface area contributed by atoms with Gasteiger partial charge in [-0.1, -0.05) is 39.0 Å². The third kappa shape index (κ3) is 4.43. The molecule has 2 aliphatic carbocycles. The first kappa shape index (κ1) is 16.2. The summed E-state index contributed by atoms with van der Waals surface area (Å²) < 4.78 is 27.9. The molecule has 2 atom stereocenters. The van der Waals surface area contributed by atoms with Crippen molar-refractivity contribution < 1.29 is 8.42 Å². The van der Waals surface area contributed by atoms with Crippen molar-refractivity contribution in [2.45, 2.75) is 70.3 Å². The molecule has 4 nitrogen and oxygen atoms in total. The third-order valence-electron chi connectivity index (χ3n) is 5.03. The Bertz CT molecular complexity index is 404. The van der Waals surface area contributed by atoms with Crippen LogP contribution in [0, 0.1) is 11.8 Å². The van der Waals surface area contributed by atoms with E-state index in [1.807, 2.05) is 0 Å². The van der Waals surface area contributed by atoms with Gasteiger partial charge in [-0.25, -0.2) is 13.1 Å². The van der Waals surface area contributed by atoms with Crippen LogP contribution in [0.25, 0.3) is 0 Å². The smallest absolute Gasteiger partial charge is 0.212 e. The molecule has 118 valence electrons. The van der Waals surface area contributed by atoms with Crippen LogP contribution in [0.3, 0.4) is 0 Å². The Labute approximate surface area is 123 Å². The molecular weight excluding hydrogens is 272 g/mol. The summed E-state index contributed by atoms with van der Waals surface area (Å²) in [5, 5.41) is 0. The molecule has 2 aliphatic rings. The van der Waals surface area contributed by atoms with Gasteiger partial charge < -0.3 is 5.73 Å². The minimum absolute atomic E-state index is 0.295. The maximum absolute atomic E-state index is 12.5. The van der Waals surface area contributed by atoms with Gasteiger partial charge in [0, 0.05) is 12.1 Å². The largest absolute Gasteiger partial charge is 0.329 e. The van der Waals surface area contributed by atoms with E-state index in [9.17, 15) is 8.42 Å². The number of nitrogens with one attached hydrogen (secondary N) is 1. The Balaban J connectivity index is 1.97. The highest BCUT2D eigenvalue weighted by atomic mass is 32.2. The molecule has 0 spiro atoms. The summed E-state index contributed by atoms with van der Waals surface area (Å²) in [7, 11) is -3.20. The minimum atomic E-state index is -3.20. The van der Waals surface area contributed by atoms with Crippen molar-refractivity contribution in [3.63, 3.8) is 0 Å². The predicted molar refractivity (Wildman–Crippen MR) is 82.9 cm³/mol. The fourth-order valence-electron chi connectivity index (χ4n) is 4.02. The number of hydrogen-bond donors (Lipinski definition) is 2. The van der Waals surface area contributed by atoms with Gasteiger partial charge in [-0.15, -0.1) is 0 Å². The van der Waals surface area contributed by atoms with E-state index in [0.717, 1.165) is 32.1 Å². The molecule has 2 unspecified atom stereocenters. The van der Waals surface area contributed by atoms with Crippen LogP contribution in [0.15, 0.2) is 0 Å². The molecule has 3 N–H and O–H groups in total. The number of rotatable bonds is 5. The van der Waals surface area contributed by atoms with Crippen LogP contribution in [0.4, 0.5) is 0 Å². The van der Waals surface area contributed by atoms with Gasteiger partial charge in [0.1, 0.15) is 0 Å². The highest BCUT2D eigenvalue weighted by molar-refractivity contribution is 7.89. The van der Waals surface area contributed by atoms with E-state index in [1.54, 1.807) is 0 Å². The number of nitrogens with two attached hydrogens (primary N) is 1.